The number of nitrogens with two attached hydrogens (primary N) is 1. The van der Waals surface area contributed by atoms with Gasteiger partial charge in [-0.25, -0.2) is 0 Å². The molecule has 0 heterocycles. The highest BCUT2D eigenvalue weighted by Gasteiger charge is 2.14. The number of halogens is 2. The Morgan fingerprint density at radius 2 is 1.75 bits per heavy atom. The molecule has 2 unspecified atom stereocenters. The minimum Gasteiger partial charge on any atom is -0.328 e. The zero-order chi connectivity index (χ0) is 12.1. The summed E-state index contributed by atoms with van der Waals surface area (Å²) in [6, 6.07) is 5.93. The molecule has 0 radical (unpaired) electrons. The summed E-state index contributed by atoms with van der Waals surface area (Å²) in [6.07, 6.45) is 3.06. The van der Waals surface area contributed by atoms with Crippen molar-refractivity contribution in [1.29, 1.82) is 0 Å². The van der Waals surface area contributed by atoms with Crippen molar-refractivity contribution >= 4 is 23.2 Å². The van der Waals surface area contributed by atoms with Crippen LogP contribution in [0.2, 0.25) is 10.0 Å². The predicted molar refractivity (Wildman–Crippen MR) is 72.4 cm³/mol. The van der Waals surface area contributed by atoms with Crippen LogP contribution in [0, 0.1) is 0 Å². The van der Waals surface area contributed by atoms with Crippen LogP contribution in [0.4, 0.5) is 0 Å². The molecule has 2 atom stereocenters. The molecule has 1 rings (SSSR count). The average molecular weight is 260 g/mol. The quantitative estimate of drug-likeness (QED) is 0.821. The van der Waals surface area contributed by atoms with Crippen LogP contribution in [0.15, 0.2) is 18.2 Å². The van der Waals surface area contributed by atoms with Gasteiger partial charge in [0.25, 0.3) is 0 Å². The molecular weight excluding hydrogens is 241 g/mol. The lowest BCUT2D eigenvalue weighted by molar-refractivity contribution is 0.531. The zero-order valence-corrected chi connectivity index (χ0v) is 11.4. The van der Waals surface area contributed by atoms with Crippen LogP contribution >= 0.6 is 23.2 Å². The Bertz CT molecular complexity index is 318. The van der Waals surface area contributed by atoms with Crippen LogP contribution in [0.5, 0.6) is 0 Å². The Balaban J connectivity index is 2.69. The van der Waals surface area contributed by atoms with Crippen molar-refractivity contribution in [3.8, 4) is 0 Å². The zero-order valence-electron chi connectivity index (χ0n) is 9.84. The lowest BCUT2D eigenvalue weighted by atomic mass is 9.93. The summed E-state index contributed by atoms with van der Waals surface area (Å²) in [4.78, 5) is 0. The van der Waals surface area contributed by atoms with E-state index in [9.17, 15) is 0 Å². The minimum atomic E-state index is 0.281. The van der Waals surface area contributed by atoms with Gasteiger partial charge < -0.3 is 5.73 Å². The summed E-state index contributed by atoms with van der Waals surface area (Å²) in [5.41, 5.74) is 6.96. The molecule has 0 spiro atoms. The van der Waals surface area contributed by atoms with Crippen molar-refractivity contribution in [2.24, 2.45) is 5.73 Å². The van der Waals surface area contributed by atoms with Crippen molar-refractivity contribution in [3.63, 3.8) is 0 Å². The third-order valence-corrected chi connectivity index (χ3v) is 3.65. The molecule has 1 aromatic carbocycles. The fourth-order valence-corrected chi connectivity index (χ4v) is 2.56. The van der Waals surface area contributed by atoms with Crippen molar-refractivity contribution in [3.05, 3.63) is 33.8 Å². The van der Waals surface area contributed by atoms with E-state index >= 15 is 0 Å². The summed E-state index contributed by atoms with van der Waals surface area (Å²) >= 11 is 12.3. The molecule has 0 fully saturated rings. The highest BCUT2D eigenvalue weighted by atomic mass is 35.5. The van der Waals surface area contributed by atoms with Gasteiger partial charge >= 0.3 is 0 Å². The van der Waals surface area contributed by atoms with Gasteiger partial charge in [-0.05, 0) is 42.9 Å². The van der Waals surface area contributed by atoms with E-state index in [1.165, 1.54) is 0 Å². The van der Waals surface area contributed by atoms with E-state index < -0.39 is 0 Å². The number of hydrogen-bond donors (Lipinski definition) is 1. The van der Waals surface area contributed by atoms with E-state index in [1.807, 2.05) is 18.2 Å². The third-order valence-electron chi connectivity index (χ3n) is 2.99. The molecule has 16 heavy (non-hydrogen) atoms. The summed E-state index contributed by atoms with van der Waals surface area (Å²) < 4.78 is 0. The molecule has 3 heteroatoms. The second-order valence-corrected chi connectivity index (χ2v) is 5.10. The fourth-order valence-electron chi connectivity index (χ4n) is 1.79. The van der Waals surface area contributed by atoms with Gasteiger partial charge in [-0.2, -0.15) is 0 Å². The maximum atomic E-state index is 6.16. The van der Waals surface area contributed by atoms with E-state index in [0.29, 0.717) is 5.92 Å². The molecule has 0 aliphatic heterocycles. The first-order valence-corrected chi connectivity index (χ1v) is 6.51. The SMILES string of the molecule is CCC(N)CCC(C)c1c(Cl)cccc1Cl. The first kappa shape index (κ1) is 13.8. The van der Waals surface area contributed by atoms with Crippen molar-refractivity contribution in [2.45, 2.75) is 45.1 Å². The molecule has 90 valence electrons. The van der Waals surface area contributed by atoms with Crippen molar-refractivity contribution < 1.29 is 0 Å². The molecule has 0 aliphatic carbocycles. The number of hydrogen-bond acceptors (Lipinski definition) is 1. The maximum absolute atomic E-state index is 6.16. The van der Waals surface area contributed by atoms with Gasteiger partial charge in [-0.15, -0.1) is 0 Å². The largest absolute Gasteiger partial charge is 0.328 e. The molecule has 0 aromatic heterocycles. The average Bonchev–Trinajstić information content (AvgIpc) is 2.25. The summed E-state index contributed by atoms with van der Waals surface area (Å²) in [6.45, 7) is 4.26. The Kier molecular flexibility index (Phi) is 5.60. The summed E-state index contributed by atoms with van der Waals surface area (Å²) in [5, 5.41) is 1.51. The normalized spacial score (nSPS) is 14.8. The van der Waals surface area contributed by atoms with Crippen LogP contribution in [-0.2, 0) is 0 Å². The van der Waals surface area contributed by atoms with Gasteiger partial charge in [0.05, 0.1) is 0 Å². The molecule has 1 nitrogen and oxygen atoms in total. The van der Waals surface area contributed by atoms with E-state index in [-0.39, 0.29) is 6.04 Å². The van der Waals surface area contributed by atoms with Gasteiger partial charge in [0.1, 0.15) is 0 Å². The summed E-state index contributed by atoms with van der Waals surface area (Å²) in [5.74, 6) is 0.360. The second kappa shape index (κ2) is 6.48. The Labute approximate surface area is 108 Å². The molecular formula is C13H19Cl2N. The van der Waals surface area contributed by atoms with Gasteiger partial charge in [-0.3, -0.25) is 0 Å². The smallest absolute Gasteiger partial charge is 0.0455 e. The van der Waals surface area contributed by atoms with Crippen molar-refractivity contribution in [2.75, 3.05) is 0 Å². The molecule has 0 saturated carbocycles. The molecule has 0 aliphatic rings. The highest BCUT2D eigenvalue weighted by Crippen LogP contribution is 2.33. The van der Waals surface area contributed by atoms with Crippen LogP contribution in [0.1, 0.15) is 44.6 Å². The van der Waals surface area contributed by atoms with E-state index in [0.717, 1.165) is 34.9 Å². The third kappa shape index (κ3) is 3.65. The number of benzene rings is 1. The Morgan fingerprint density at radius 3 is 2.25 bits per heavy atom. The van der Waals surface area contributed by atoms with Gasteiger partial charge in [0.15, 0.2) is 0 Å². The predicted octanol–water partition coefficient (Wildman–Crippen LogP) is 4.61. The molecule has 0 saturated heterocycles. The number of rotatable bonds is 5. The van der Waals surface area contributed by atoms with E-state index in [1.54, 1.807) is 0 Å². The molecule has 1 aromatic rings. The Hall–Kier alpha value is -0.240. The molecule has 2 N–H and O–H groups in total. The molecule has 0 bridgehead atoms. The van der Waals surface area contributed by atoms with E-state index in [2.05, 4.69) is 13.8 Å². The second-order valence-electron chi connectivity index (χ2n) is 4.28. The maximum Gasteiger partial charge on any atom is 0.0455 e. The van der Waals surface area contributed by atoms with E-state index in [4.69, 9.17) is 28.9 Å². The van der Waals surface area contributed by atoms with Crippen LogP contribution < -0.4 is 5.73 Å². The van der Waals surface area contributed by atoms with Crippen LogP contribution in [0.25, 0.3) is 0 Å². The monoisotopic (exact) mass is 259 g/mol. The standard InChI is InChI=1S/C13H19Cl2N/c1-3-10(16)8-7-9(2)13-11(14)5-4-6-12(13)15/h4-6,9-10H,3,7-8,16H2,1-2H3. The summed E-state index contributed by atoms with van der Waals surface area (Å²) in [7, 11) is 0. The van der Waals surface area contributed by atoms with Gasteiger partial charge in [0, 0.05) is 16.1 Å². The minimum absolute atomic E-state index is 0.281. The fraction of sp³-hybridized carbons (Fsp3) is 0.538. The lowest BCUT2D eigenvalue weighted by Gasteiger charge is -2.17. The topological polar surface area (TPSA) is 26.0 Å². The Morgan fingerprint density at radius 1 is 1.19 bits per heavy atom. The van der Waals surface area contributed by atoms with Crippen LogP contribution in [0.3, 0.4) is 0 Å². The van der Waals surface area contributed by atoms with Crippen LogP contribution in [-0.4, -0.2) is 6.04 Å². The van der Waals surface area contributed by atoms with Gasteiger partial charge in [-0.1, -0.05) is 43.1 Å². The lowest BCUT2D eigenvalue weighted by Crippen LogP contribution is -2.19. The highest BCUT2D eigenvalue weighted by molar-refractivity contribution is 6.36. The van der Waals surface area contributed by atoms with Gasteiger partial charge in [0.2, 0.25) is 0 Å². The first-order chi connectivity index (χ1) is 7.56. The molecule has 0 amide bonds. The first-order valence-electron chi connectivity index (χ1n) is 5.75. The van der Waals surface area contributed by atoms with Crippen molar-refractivity contribution in [1.82, 2.24) is 0 Å².